The zero-order chi connectivity index (χ0) is 22.1. The number of nitriles is 1. The van der Waals surface area contributed by atoms with Crippen molar-refractivity contribution in [2.75, 3.05) is 0 Å². The first-order valence-corrected chi connectivity index (χ1v) is 13.7. The van der Waals surface area contributed by atoms with Gasteiger partial charge in [-0.15, -0.1) is 0 Å². The maximum atomic E-state index is 12.8. The summed E-state index contributed by atoms with van der Waals surface area (Å²) in [5.74, 6) is 2.93. The number of rotatable bonds is 9. The van der Waals surface area contributed by atoms with Crippen LogP contribution < -0.4 is 0 Å². The Kier molecular flexibility index (Phi) is 9.73. The number of nitrogens with zero attached hydrogens (tertiary/aromatic N) is 1. The molecule has 0 bridgehead atoms. The molecule has 0 heterocycles. The highest BCUT2D eigenvalue weighted by Gasteiger charge is 2.38. The number of hydrogen-bond donors (Lipinski definition) is 0. The van der Waals surface area contributed by atoms with Crippen LogP contribution in [0.25, 0.3) is 0 Å². The highest BCUT2D eigenvalue weighted by atomic mass is 16.5. The van der Waals surface area contributed by atoms with E-state index in [0.29, 0.717) is 0 Å². The lowest BCUT2D eigenvalue weighted by molar-refractivity contribution is -0.158. The van der Waals surface area contributed by atoms with Crippen molar-refractivity contribution in [3.63, 3.8) is 0 Å². The Hall–Kier alpha value is -1.04. The molecule has 3 rings (SSSR count). The van der Waals surface area contributed by atoms with Crippen molar-refractivity contribution in [2.45, 2.75) is 136 Å². The summed E-state index contributed by atoms with van der Waals surface area (Å²) in [5.41, 5.74) is -0.160. The Labute approximate surface area is 191 Å². The van der Waals surface area contributed by atoms with E-state index in [1.165, 1.54) is 64.2 Å². The van der Waals surface area contributed by atoms with Crippen molar-refractivity contribution < 1.29 is 9.53 Å². The minimum atomic E-state index is -0.160. The van der Waals surface area contributed by atoms with Crippen LogP contribution in [0.15, 0.2) is 0 Å². The third-order valence-corrected chi connectivity index (χ3v) is 9.03. The van der Waals surface area contributed by atoms with E-state index >= 15 is 0 Å². The van der Waals surface area contributed by atoms with Gasteiger partial charge in [0.25, 0.3) is 0 Å². The monoisotopic (exact) mass is 429 g/mol. The molecule has 0 N–H and O–H groups in total. The van der Waals surface area contributed by atoms with Crippen LogP contribution in [0.2, 0.25) is 0 Å². The van der Waals surface area contributed by atoms with E-state index < -0.39 is 0 Å². The second-order valence-electron chi connectivity index (χ2n) is 11.2. The highest BCUT2D eigenvalue weighted by molar-refractivity contribution is 5.72. The number of ether oxygens (including phenoxy) is 1. The van der Waals surface area contributed by atoms with Gasteiger partial charge in [0, 0.05) is 0 Å². The molecule has 0 aromatic heterocycles. The topological polar surface area (TPSA) is 50.1 Å². The first-order chi connectivity index (χ1) is 15.1. The molecule has 3 fully saturated rings. The molecule has 3 heteroatoms. The van der Waals surface area contributed by atoms with Crippen LogP contribution in [0.3, 0.4) is 0 Å². The van der Waals surface area contributed by atoms with Crippen LogP contribution in [0.1, 0.15) is 129 Å². The lowest BCUT2D eigenvalue weighted by atomic mass is 9.68. The third-order valence-electron chi connectivity index (χ3n) is 9.03. The van der Waals surface area contributed by atoms with Gasteiger partial charge in [0.2, 0.25) is 0 Å². The zero-order valence-electron chi connectivity index (χ0n) is 20.4. The fourth-order valence-electron chi connectivity index (χ4n) is 6.84. The molecule has 0 aliphatic heterocycles. The average molecular weight is 430 g/mol. The number of carbonyl (C=O) groups is 1. The van der Waals surface area contributed by atoms with E-state index in [9.17, 15) is 10.1 Å². The van der Waals surface area contributed by atoms with Gasteiger partial charge in [0.05, 0.1) is 17.4 Å². The maximum Gasteiger partial charge on any atom is 0.309 e. The molecule has 3 aliphatic carbocycles. The maximum absolute atomic E-state index is 12.8. The molecule has 0 atom stereocenters. The second kappa shape index (κ2) is 12.3. The molecule has 0 aromatic rings. The smallest absolute Gasteiger partial charge is 0.309 e. The fourth-order valence-corrected chi connectivity index (χ4v) is 6.84. The minimum absolute atomic E-state index is 0.0479. The summed E-state index contributed by atoms with van der Waals surface area (Å²) in [4.78, 5) is 12.8. The van der Waals surface area contributed by atoms with E-state index in [4.69, 9.17) is 4.74 Å². The van der Waals surface area contributed by atoms with Gasteiger partial charge in [-0.05, 0) is 88.4 Å². The van der Waals surface area contributed by atoms with Crippen molar-refractivity contribution in [1.29, 1.82) is 5.26 Å². The molecule has 0 amide bonds. The molecule has 3 aliphatic rings. The molecule has 0 radical (unpaired) electrons. The predicted molar refractivity (Wildman–Crippen MR) is 126 cm³/mol. The van der Waals surface area contributed by atoms with E-state index in [1.54, 1.807) is 0 Å². The molecule has 0 spiro atoms. The molecule has 3 nitrogen and oxygen atoms in total. The summed E-state index contributed by atoms with van der Waals surface area (Å²) < 4.78 is 5.97. The van der Waals surface area contributed by atoms with Gasteiger partial charge >= 0.3 is 5.97 Å². The first-order valence-electron chi connectivity index (χ1n) is 13.7. The van der Waals surface area contributed by atoms with Crippen molar-refractivity contribution in [3.8, 4) is 6.07 Å². The minimum Gasteiger partial charge on any atom is -0.462 e. The molecule has 3 saturated carbocycles. The first kappa shape index (κ1) is 24.6. The van der Waals surface area contributed by atoms with Gasteiger partial charge in [0.1, 0.15) is 6.10 Å². The van der Waals surface area contributed by atoms with E-state index in [2.05, 4.69) is 19.9 Å². The van der Waals surface area contributed by atoms with Gasteiger partial charge in [-0.3, -0.25) is 4.79 Å². The number of hydrogen-bond acceptors (Lipinski definition) is 3. The van der Waals surface area contributed by atoms with Gasteiger partial charge in [-0.25, -0.2) is 0 Å². The average Bonchev–Trinajstić information content (AvgIpc) is 2.81. The largest absolute Gasteiger partial charge is 0.462 e. The highest BCUT2D eigenvalue weighted by Crippen LogP contribution is 2.44. The van der Waals surface area contributed by atoms with Crippen molar-refractivity contribution >= 4 is 5.97 Å². The van der Waals surface area contributed by atoms with Gasteiger partial charge < -0.3 is 4.74 Å². The quantitative estimate of drug-likeness (QED) is 0.276. The van der Waals surface area contributed by atoms with Crippen LogP contribution in [0.4, 0.5) is 0 Å². The van der Waals surface area contributed by atoms with Gasteiger partial charge in [-0.1, -0.05) is 58.8 Å². The summed E-state index contributed by atoms with van der Waals surface area (Å²) in [6.45, 7) is 4.52. The van der Waals surface area contributed by atoms with Crippen LogP contribution >= 0.6 is 0 Å². The molecule has 31 heavy (non-hydrogen) atoms. The third kappa shape index (κ3) is 6.97. The normalized spacial score (nSPS) is 36.5. The number of esters is 1. The second-order valence-corrected chi connectivity index (χ2v) is 11.2. The molecular formula is C28H47NO2. The van der Waals surface area contributed by atoms with E-state index in [0.717, 1.165) is 69.1 Å². The van der Waals surface area contributed by atoms with Crippen molar-refractivity contribution in [2.24, 2.45) is 29.1 Å². The van der Waals surface area contributed by atoms with Gasteiger partial charge in [-0.2, -0.15) is 5.26 Å². The van der Waals surface area contributed by atoms with E-state index in [1.807, 2.05) is 0 Å². The molecule has 0 saturated heterocycles. The summed E-state index contributed by atoms with van der Waals surface area (Å²) in [6.07, 6.45) is 21.2. The SMILES string of the molecule is CCCCCC1(C#N)CCC(OC(=O)C2CCC(C3CCC(CCC)CC3)CC2)CC1. The van der Waals surface area contributed by atoms with Crippen molar-refractivity contribution in [1.82, 2.24) is 0 Å². The van der Waals surface area contributed by atoms with Crippen LogP contribution in [-0.2, 0) is 9.53 Å². The summed E-state index contributed by atoms with van der Waals surface area (Å²) in [7, 11) is 0. The molecule has 176 valence electrons. The van der Waals surface area contributed by atoms with E-state index in [-0.39, 0.29) is 23.4 Å². The predicted octanol–water partition coefficient (Wildman–Crippen LogP) is 7.98. The summed E-state index contributed by atoms with van der Waals surface area (Å²) >= 11 is 0. The zero-order valence-corrected chi connectivity index (χ0v) is 20.4. The van der Waals surface area contributed by atoms with Gasteiger partial charge in [0.15, 0.2) is 0 Å². The molecule has 0 aromatic carbocycles. The lowest BCUT2D eigenvalue weighted by Crippen LogP contribution is -2.34. The summed E-state index contributed by atoms with van der Waals surface area (Å²) in [6, 6.07) is 2.62. The Balaban J connectivity index is 1.36. The Morgan fingerprint density at radius 3 is 2.03 bits per heavy atom. The Morgan fingerprint density at radius 2 is 1.48 bits per heavy atom. The number of carbonyl (C=O) groups excluding carboxylic acids is 1. The standard InChI is InChI=1S/C28H47NO2/c1-3-5-6-18-28(21-29)19-16-26(17-20-28)31-27(30)25-14-12-24(13-15-25)23-10-8-22(7-4-2)9-11-23/h22-26H,3-20H2,1-2H3. The van der Waals surface area contributed by atoms with Crippen LogP contribution in [0.5, 0.6) is 0 Å². The fraction of sp³-hybridized carbons (Fsp3) is 0.929. The Bertz CT molecular complexity index is 570. The molecular weight excluding hydrogens is 382 g/mol. The Morgan fingerprint density at radius 1 is 0.871 bits per heavy atom. The van der Waals surface area contributed by atoms with Crippen LogP contribution in [0, 0.1) is 40.4 Å². The molecule has 0 unspecified atom stereocenters. The van der Waals surface area contributed by atoms with Crippen molar-refractivity contribution in [3.05, 3.63) is 0 Å². The van der Waals surface area contributed by atoms with Crippen LogP contribution in [-0.4, -0.2) is 12.1 Å². The number of unbranched alkanes of at least 4 members (excludes halogenated alkanes) is 2. The summed E-state index contributed by atoms with van der Waals surface area (Å²) in [5, 5.41) is 9.73. The lowest BCUT2D eigenvalue weighted by Gasteiger charge is -2.38.